The Morgan fingerprint density at radius 3 is 2.37 bits per heavy atom. The largest absolute Gasteiger partial charge is 0.394 e. The summed E-state index contributed by atoms with van der Waals surface area (Å²) >= 11 is 0. The minimum absolute atomic E-state index is 0.0420. The quantitative estimate of drug-likeness (QED) is 0.911. The van der Waals surface area contributed by atoms with Crippen LogP contribution in [0.15, 0.2) is 18.2 Å². The summed E-state index contributed by atoms with van der Waals surface area (Å²) in [6.45, 7) is 9.94. The first-order valence-corrected chi connectivity index (χ1v) is 6.63. The highest BCUT2D eigenvalue weighted by atomic mass is 16.3. The monoisotopic (exact) mass is 263 g/mol. The third-order valence-corrected chi connectivity index (χ3v) is 3.64. The highest BCUT2D eigenvalue weighted by Gasteiger charge is 2.22. The molecule has 19 heavy (non-hydrogen) atoms. The summed E-state index contributed by atoms with van der Waals surface area (Å²) in [6.07, 6.45) is 0. The Morgan fingerprint density at radius 2 is 1.95 bits per heavy atom. The van der Waals surface area contributed by atoms with Crippen molar-refractivity contribution in [3.05, 3.63) is 34.9 Å². The van der Waals surface area contributed by atoms with Gasteiger partial charge in [-0.15, -0.1) is 0 Å². The first kappa shape index (κ1) is 15.7. The number of amides is 1. The summed E-state index contributed by atoms with van der Waals surface area (Å²) in [7, 11) is 1.73. The van der Waals surface area contributed by atoms with Crippen molar-refractivity contribution in [3.8, 4) is 0 Å². The van der Waals surface area contributed by atoms with E-state index in [9.17, 15) is 9.90 Å². The number of aliphatic hydroxyl groups excluding tert-OH is 1. The van der Waals surface area contributed by atoms with Crippen LogP contribution in [0.3, 0.4) is 0 Å². The Kier molecular flexibility index (Phi) is 4.75. The lowest BCUT2D eigenvalue weighted by Crippen LogP contribution is -2.32. The van der Waals surface area contributed by atoms with E-state index in [-0.39, 0.29) is 24.0 Å². The summed E-state index contributed by atoms with van der Waals surface area (Å²) in [6, 6.07) is 6.00. The zero-order valence-electron chi connectivity index (χ0n) is 12.8. The molecule has 1 amide bonds. The lowest BCUT2D eigenvalue weighted by Gasteiger charge is -2.29. The van der Waals surface area contributed by atoms with Crippen molar-refractivity contribution in [2.75, 3.05) is 13.7 Å². The number of aryl methyl sites for hydroxylation is 1. The first-order valence-electron chi connectivity index (χ1n) is 6.63. The lowest BCUT2D eigenvalue weighted by atomic mass is 9.84. The summed E-state index contributed by atoms with van der Waals surface area (Å²) in [4.78, 5) is 13.1. The molecule has 0 saturated carbocycles. The van der Waals surface area contributed by atoms with Crippen LogP contribution < -0.4 is 0 Å². The predicted octanol–water partition coefficient (Wildman–Crippen LogP) is 2.80. The molecule has 0 aromatic heterocycles. The smallest absolute Gasteiger partial charge is 0.219 e. The number of carbonyl (C=O) groups is 1. The van der Waals surface area contributed by atoms with Gasteiger partial charge in [-0.3, -0.25) is 4.79 Å². The molecule has 0 radical (unpaired) electrons. The molecule has 0 spiro atoms. The number of hydrogen-bond donors (Lipinski definition) is 1. The molecule has 3 heteroatoms. The van der Waals surface area contributed by atoms with Crippen LogP contribution in [0.4, 0.5) is 0 Å². The van der Waals surface area contributed by atoms with E-state index >= 15 is 0 Å². The standard InChI is InChI=1S/C16H25NO2/c1-11-7-8-13(16(3,4)5)9-14(11)15(10-18)17(6)12(2)19/h7-9,15,18H,10H2,1-6H3. The number of benzene rings is 1. The fraction of sp³-hybridized carbons (Fsp3) is 0.562. The molecule has 0 saturated heterocycles. The maximum atomic E-state index is 11.5. The van der Waals surface area contributed by atoms with Gasteiger partial charge in [0.25, 0.3) is 0 Å². The average Bonchev–Trinajstić information content (AvgIpc) is 2.30. The molecule has 1 aromatic rings. The van der Waals surface area contributed by atoms with Crippen molar-refractivity contribution in [1.82, 2.24) is 4.90 Å². The molecule has 0 aliphatic carbocycles. The Bertz CT molecular complexity index is 460. The van der Waals surface area contributed by atoms with E-state index in [0.29, 0.717) is 0 Å². The molecule has 1 atom stereocenters. The van der Waals surface area contributed by atoms with Gasteiger partial charge in [0, 0.05) is 14.0 Å². The Morgan fingerprint density at radius 1 is 1.37 bits per heavy atom. The number of hydrogen-bond acceptors (Lipinski definition) is 2. The van der Waals surface area contributed by atoms with Crippen molar-refractivity contribution in [3.63, 3.8) is 0 Å². The fourth-order valence-corrected chi connectivity index (χ4v) is 2.11. The van der Waals surface area contributed by atoms with E-state index in [1.54, 1.807) is 11.9 Å². The van der Waals surface area contributed by atoms with E-state index < -0.39 is 0 Å². The second kappa shape index (κ2) is 5.74. The van der Waals surface area contributed by atoms with Crippen LogP contribution in [0, 0.1) is 6.92 Å². The second-order valence-electron chi connectivity index (χ2n) is 6.15. The van der Waals surface area contributed by atoms with E-state index in [1.807, 2.05) is 6.92 Å². The number of likely N-dealkylation sites (N-methyl/N-ethyl adjacent to an activating group) is 1. The topological polar surface area (TPSA) is 40.5 Å². The summed E-state index contributed by atoms with van der Waals surface area (Å²) < 4.78 is 0. The lowest BCUT2D eigenvalue weighted by molar-refractivity contribution is -0.130. The van der Waals surface area contributed by atoms with Crippen molar-refractivity contribution < 1.29 is 9.90 Å². The Hall–Kier alpha value is -1.35. The molecular weight excluding hydrogens is 238 g/mol. The SMILES string of the molecule is CC(=O)N(C)C(CO)c1cc(C(C)(C)C)ccc1C. The molecule has 0 bridgehead atoms. The van der Waals surface area contributed by atoms with Gasteiger partial charge in [0.15, 0.2) is 0 Å². The Labute approximate surface area is 116 Å². The molecular formula is C16H25NO2. The molecule has 0 fully saturated rings. The van der Waals surface area contributed by atoms with Crippen LogP contribution in [-0.4, -0.2) is 29.6 Å². The molecule has 1 aromatic carbocycles. The number of aliphatic hydroxyl groups is 1. The van der Waals surface area contributed by atoms with Gasteiger partial charge < -0.3 is 10.0 Å². The maximum Gasteiger partial charge on any atom is 0.219 e. The van der Waals surface area contributed by atoms with E-state index in [1.165, 1.54) is 12.5 Å². The van der Waals surface area contributed by atoms with E-state index in [2.05, 4.69) is 39.0 Å². The fourth-order valence-electron chi connectivity index (χ4n) is 2.11. The van der Waals surface area contributed by atoms with Gasteiger partial charge in [0.1, 0.15) is 0 Å². The van der Waals surface area contributed by atoms with Crippen LogP contribution >= 0.6 is 0 Å². The number of carbonyl (C=O) groups excluding carboxylic acids is 1. The average molecular weight is 263 g/mol. The van der Waals surface area contributed by atoms with Gasteiger partial charge in [0.2, 0.25) is 5.91 Å². The van der Waals surface area contributed by atoms with Gasteiger partial charge >= 0.3 is 0 Å². The van der Waals surface area contributed by atoms with Crippen molar-refractivity contribution in [2.45, 2.75) is 46.1 Å². The van der Waals surface area contributed by atoms with Crippen LogP contribution in [0.1, 0.15) is 50.4 Å². The summed E-state index contributed by atoms with van der Waals surface area (Å²) in [5, 5.41) is 9.62. The van der Waals surface area contributed by atoms with Gasteiger partial charge in [-0.1, -0.05) is 39.0 Å². The molecule has 0 heterocycles. The summed E-state index contributed by atoms with van der Waals surface area (Å²) in [5.74, 6) is -0.0420. The predicted molar refractivity (Wildman–Crippen MR) is 78.1 cm³/mol. The van der Waals surface area contributed by atoms with Crippen LogP contribution in [0.5, 0.6) is 0 Å². The maximum absolute atomic E-state index is 11.5. The first-order chi connectivity index (χ1) is 8.68. The molecule has 1 N–H and O–H groups in total. The molecule has 1 unspecified atom stereocenters. The van der Waals surface area contributed by atoms with Gasteiger partial charge in [-0.2, -0.15) is 0 Å². The highest BCUT2D eigenvalue weighted by molar-refractivity contribution is 5.73. The molecule has 3 nitrogen and oxygen atoms in total. The molecule has 0 aliphatic rings. The van der Waals surface area contributed by atoms with Gasteiger partial charge in [-0.05, 0) is 29.0 Å². The zero-order valence-corrected chi connectivity index (χ0v) is 12.8. The molecule has 0 aliphatic heterocycles. The van der Waals surface area contributed by atoms with Crippen LogP contribution in [-0.2, 0) is 10.2 Å². The molecule has 106 valence electrons. The zero-order chi connectivity index (χ0) is 14.8. The summed E-state index contributed by atoms with van der Waals surface area (Å²) in [5.41, 5.74) is 3.38. The second-order valence-corrected chi connectivity index (χ2v) is 6.15. The van der Waals surface area contributed by atoms with E-state index in [0.717, 1.165) is 11.1 Å². The third kappa shape index (κ3) is 3.57. The van der Waals surface area contributed by atoms with Crippen molar-refractivity contribution in [1.29, 1.82) is 0 Å². The minimum Gasteiger partial charge on any atom is -0.394 e. The van der Waals surface area contributed by atoms with Gasteiger partial charge in [-0.25, -0.2) is 0 Å². The minimum atomic E-state index is -0.278. The van der Waals surface area contributed by atoms with Crippen LogP contribution in [0.25, 0.3) is 0 Å². The van der Waals surface area contributed by atoms with E-state index in [4.69, 9.17) is 0 Å². The van der Waals surface area contributed by atoms with Crippen molar-refractivity contribution >= 4 is 5.91 Å². The van der Waals surface area contributed by atoms with Crippen LogP contribution in [0.2, 0.25) is 0 Å². The Balaban J connectivity index is 3.27. The number of rotatable bonds is 3. The normalized spacial score (nSPS) is 13.2. The highest BCUT2D eigenvalue weighted by Crippen LogP contribution is 2.29. The van der Waals surface area contributed by atoms with Gasteiger partial charge in [0.05, 0.1) is 12.6 Å². The van der Waals surface area contributed by atoms with Crippen molar-refractivity contribution in [2.24, 2.45) is 0 Å². The number of nitrogens with zero attached hydrogens (tertiary/aromatic N) is 1. The third-order valence-electron chi connectivity index (χ3n) is 3.64. The molecule has 1 rings (SSSR count).